The molecule has 1 unspecified atom stereocenters. The zero-order valence-electron chi connectivity index (χ0n) is 14.6. The quantitative estimate of drug-likeness (QED) is 0.634. The molecule has 0 aromatic carbocycles. The van der Waals surface area contributed by atoms with Crippen molar-refractivity contribution in [2.45, 2.75) is 64.9 Å². The molecule has 0 aromatic heterocycles. The molecule has 0 radical (unpaired) electrons. The Morgan fingerprint density at radius 3 is 2.17 bits per heavy atom. The molecule has 0 heterocycles. The second-order valence-corrected chi connectivity index (χ2v) is 8.20. The van der Waals surface area contributed by atoms with E-state index >= 15 is 0 Å². The molecule has 0 rings (SSSR count). The Balaban J connectivity index is 4.91. The molecule has 0 bridgehead atoms. The highest BCUT2D eigenvalue weighted by Gasteiger charge is 2.29. The lowest BCUT2D eigenvalue weighted by Gasteiger charge is -2.22. The highest BCUT2D eigenvalue weighted by Crippen LogP contribution is 2.07. The molecule has 0 aliphatic rings. The fraction of sp³-hybridized carbons (Fsp3) is 0.857. The summed E-state index contributed by atoms with van der Waals surface area (Å²) >= 11 is 0. The molecule has 0 aromatic rings. The molecule has 2 atom stereocenters. The number of rotatable bonds is 8. The minimum atomic E-state index is -3.70. The van der Waals surface area contributed by atoms with Crippen molar-refractivity contribution in [3.8, 4) is 0 Å². The van der Waals surface area contributed by atoms with Crippen LogP contribution in [0.5, 0.6) is 0 Å². The van der Waals surface area contributed by atoms with Gasteiger partial charge in [-0.15, -0.1) is 0 Å². The van der Waals surface area contributed by atoms with E-state index in [1.165, 1.54) is 6.92 Å². The number of carbonyl (C=O) groups is 2. The molecule has 0 fully saturated rings. The van der Waals surface area contributed by atoms with Crippen LogP contribution >= 0.6 is 0 Å². The van der Waals surface area contributed by atoms with Crippen LogP contribution in [-0.4, -0.2) is 50.5 Å². The number of nitrogens with one attached hydrogen (secondary N) is 2. The normalized spacial score (nSPS) is 14.7. The highest BCUT2D eigenvalue weighted by molar-refractivity contribution is 7.90. The predicted octanol–water partition coefficient (Wildman–Crippen LogP) is 1.16. The number of ether oxygens (including phenoxy) is 2. The molecular formula is C14H28N2O6S. The first-order chi connectivity index (χ1) is 10.4. The molecule has 0 aliphatic heterocycles. The Bertz CT molecular complexity index is 498. The van der Waals surface area contributed by atoms with Crippen LogP contribution in [0.3, 0.4) is 0 Å². The molecule has 0 saturated carbocycles. The van der Waals surface area contributed by atoms with Crippen molar-refractivity contribution in [1.29, 1.82) is 0 Å². The van der Waals surface area contributed by atoms with E-state index in [0.29, 0.717) is 6.42 Å². The average Bonchev–Trinajstić information content (AvgIpc) is 2.40. The van der Waals surface area contributed by atoms with Crippen molar-refractivity contribution < 1.29 is 27.5 Å². The molecule has 23 heavy (non-hydrogen) atoms. The molecule has 8 nitrogen and oxygen atoms in total. The van der Waals surface area contributed by atoms with Crippen molar-refractivity contribution in [3.63, 3.8) is 0 Å². The van der Waals surface area contributed by atoms with Gasteiger partial charge in [0.25, 0.3) is 0 Å². The first kappa shape index (κ1) is 21.6. The van der Waals surface area contributed by atoms with Crippen molar-refractivity contribution in [3.05, 3.63) is 0 Å². The number of hydrogen-bond acceptors (Lipinski definition) is 6. The van der Waals surface area contributed by atoms with Crippen LogP contribution in [0.2, 0.25) is 0 Å². The van der Waals surface area contributed by atoms with Gasteiger partial charge >= 0.3 is 12.1 Å². The maximum atomic E-state index is 12.1. The molecule has 9 heteroatoms. The third-order valence-corrected chi connectivity index (χ3v) is 4.84. The smallest absolute Gasteiger partial charge is 0.407 e. The summed E-state index contributed by atoms with van der Waals surface area (Å²) in [6.07, 6.45) is -0.348. The fourth-order valence-corrected chi connectivity index (χ4v) is 2.70. The third-order valence-electron chi connectivity index (χ3n) is 2.83. The number of sulfonamides is 1. The molecule has 0 saturated heterocycles. The zero-order chi connectivity index (χ0) is 18.3. The number of esters is 1. The fourth-order valence-electron chi connectivity index (χ4n) is 1.45. The van der Waals surface area contributed by atoms with Gasteiger partial charge in [-0.3, -0.25) is 4.79 Å². The second-order valence-electron chi connectivity index (χ2n) is 6.07. The molecule has 2 N–H and O–H groups in total. The SMILES string of the molecule is CCOC(=O)[C@H](CNC(=O)OC(C)(C)C)NS(=O)(=O)C(C)CC. The lowest BCUT2D eigenvalue weighted by atomic mass is 10.2. The summed E-state index contributed by atoms with van der Waals surface area (Å²) in [6.45, 7) is 9.80. The lowest BCUT2D eigenvalue weighted by molar-refractivity contribution is -0.144. The first-order valence-electron chi connectivity index (χ1n) is 7.57. The third kappa shape index (κ3) is 8.75. The maximum absolute atomic E-state index is 12.1. The Morgan fingerprint density at radius 1 is 1.17 bits per heavy atom. The van der Waals surface area contributed by atoms with Gasteiger partial charge in [0.15, 0.2) is 0 Å². The number of alkyl carbamates (subject to hydrolysis) is 1. The number of carbonyl (C=O) groups excluding carboxylic acids is 2. The molecule has 0 aliphatic carbocycles. The van der Waals surface area contributed by atoms with Gasteiger partial charge in [0.2, 0.25) is 10.0 Å². The van der Waals surface area contributed by atoms with Gasteiger partial charge in [-0.25, -0.2) is 13.2 Å². The van der Waals surface area contributed by atoms with Gasteiger partial charge in [0.1, 0.15) is 11.6 Å². The van der Waals surface area contributed by atoms with Crippen molar-refractivity contribution >= 4 is 22.1 Å². The lowest BCUT2D eigenvalue weighted by Crippen LogP contribution is -2.51. The van der Waals surface area contributed by atoms with E-state index in [2.05, 4.69) is 10.0 Å². The maximum Gasteiger partial charge on any atom is 0.407 e. The van der Waals surface area contributed by atoms with Crippen LogP contribution in [-0.2, 0) is 24.3 Å². The average molecular weight is 352 g/mol. The van der Waals surface area contributed by atoms with E-state index in [4.69, 9.17) is 9.47 Å². The standard InChI is InChI=1S/C14H28N2O6S/c1-7-10(3)23(19,20)16-11(12(17)21-8-2)9-15-13(18)22-14(4,5)6/h10-11,16H,7-9H2,1-6H3,(H,15,18)/t10?,11-/m0/s1. The summed E-state index contributed by atoms with van der Waals surface area (Å²) in [6, 6.07) is -1.21. The van der Waals surface area contributed by atoms with Gasteiger partial charge in [0.05, 0.1) is 11.9 Å². The Morgan fingerprint density at radius 2 is 1.74 bits per heavy atom. The van der Waals surface area contributed by atoms with Crippen LogP contribution in [0.25, 0.3) is 0 Å². The molecule has 1 amide bonds. The van der Waals surface area contributed by atoms with Gasteiger partial charge in [-0.2, -0.15) is 4.72 Å². The van der Waals surface area contributed by atoms with Crippen LogP contribution < -0.4 is 10.0 Å². The van der Waals surface area contributed by atoms with Crippen molar-refractivity contribution in [2.24, 2.45) is 0 Å². The predicted molar refractivity (Wildman–Crippen MR) is 86.5 cm³/mol. The second kappa shape index (κ2) is 9.07. The van der Waals surface area contributed by atoms with Gasteiger partial charge in [-0.1, -0.05) is 6.92 Å². The van der Waals surface area contributed by atoms with Crippen LogP contribution in [0, 0.1) is 0 Å². The van der Waals surface area contributed by atoms with E-state index in [-0.39, 0.29) is 13.2 Å². The van der Waals surface area contributed by atoms with Crippen molar-refractivity contribution in [1.82, 2.24) is 10.0 Å². The summed E-state index contributed by atoms with van der Waals surface area (Å²) in [7, 11) is -3.70. The molecular weight excluding hydrogens is 324 g/mol. The Kier molecular flexibility index (Phi) is 8.54. The van der Waals surface area contributed by atoms with E-state index in [0.717, 1.165) is 0 Å². The minimum absolute atomic E-state index is 0.104. The van der Waals surface area contributed by atoms with E-state index < -0.39 is 39.0 Å². The summed E-state index contributed by atoms with van der Waals surface area (Å²) in [4.78, 5) is 23.5. The molecule has 136 valence electrons. The van der Waals surface area contributed by atoms with E-state index in [9.17, 15) is 18.0 Å². The molecule has 0 spiro atoms. The van der Waals surface area contributed by atoms with E-state index in [1.807, 2.05) is 0 Å². The largest absolute Gasteiger partial charge is 0.465 e. The zero-order valence-corrected chi connectivity index (χ0v) is 15.5. The topological polar surface area (TPSA) is 111 Å². The number of hydrogen-bond donors (Lipinski definition) is 2. The minimum Gasteiger partial charge on any atom is -0.465 e. The van der Waals surface area contributed by atoms with Crippen molar-refractivity contribution in [2.75, 3.05) is 13.2 Å². The summed E-state index contributed by atoms with van der Waals surface area (Å²) in [5.41, 5.74) is -0.695. The first-order valence-corrected chi connectivity index (χ1v) is 9.12. The van der Waals surface area contributed by atoms with Gasteiger partial charge in [-0.05, 0) is 41.0 Å². The van der Waals surface area contributed by atoms with Crippen LogP contribution in [0.1, 0.15) is 48.0 Å². The van der Waals surface area contributed by atoms with Crippen LogP contribution in [0.15, 0.2) is 0 Å². The van der Waals surface area contributed by atoms with Gasteiger partial charge in [0, 0.05) is 6.54 Å². The number of amides is 1. The van der Waals surface area contributed by atoms with Gasteiger partial charge < -0.3 is 14.8 Å². The monoisotopic (exact) mass is 352 g/mol. The highest BCUT2D eigenvalue weighted by atomic mass is 32.2. The van der Waals surface area contributed by atoms with Crippen LogP contribution in [0.4, 0.5) is 4.79 Å². The summed E-state index contributed by atoms with van der Waals surface area (Å²) in [5.74, 6) is -0.754. The Labute approximate surface area is 138 Å². The van der Waals surface area contributed by atoms with E-state index in [1.54, 1.807) is 34.6 Å². The summed E-state index contributed by atoms with van der Waals surface area (Å²) in [5, 5.41) is 1.70. The Hall–Kier alpha value is -1.35. The summed E-state index contributed by atoms with van der Waals surface area (Å²) < 4.78 is 36.3.